The highest BCUT2D eigenvalue weighted by Crippen LogP contribution is 2.27. The normalized spacial score (nSPS) is 14.9. The molecule has 1 aliphatic rings. The van der Waals surface area contributed by atoms with Crippen LogP contribution in [0.15, 0.2) is 77.8 Å². The lowest BCUT2D eigenvalue weighted by atomic mass is 9.97. The van der Waals surface area contributed by atoms with Gasteiger partial charge in [0.2, 0.25) is 0 Å². The fourth-order valence-electron chi connectivity index (χ4n) is 4.42. The van der Waals surface area contributed by atoms with Gasteiger partial charge in [0.05, 0.1) is 24.1 Å². The Balaban J connectivity index is 1.21. The molecule has 7 nitrogen and oxygen atoms in total. The van der Waals surface area contributed by atoms with Crippen molar-refractivity contribution >= 4 is 22.5 Å². The summed E-state index contributed by atoms with van der Waals surface area (Å²) in [6.07, 6.45) is 5.74. The van der Waals surface area contributed by atoms with E-state index in [9.17, 15) is 4.79 Å². The lowest BCUT2D eigenvalue weighted by molar-refractivity contribution is 0.190. The number of hydrogen-bond donors (Lipinski definition) is 1. The molecule has 1 saturated heterocycles. The number of oxazole rings is 1. The Bertz CT molecular complexity index is 1210. The van der Waals surface area contributed by atoms with Crippen LogP contribution in [0.4, 0.5) is 10.5 Å². The molecule has 1 unspecified atom stereocenters. The average Bonchev–Trinajstić information content (AvgIpc) is 3.42. The molecule has 2 aromatic heterocycles. The molecule has 0 spiro atoms. The van der Waals surface area contributed by atoms with Crippen molar-refractivity contribution in [1.82, 2.24) is 20.2 Å². The summed E-state index contributed by atoms with van der Waals surface area (Å²) in [7, 11) is 0. The summed E-state index contributed by atoms with van der Waals surface area (Å²) in [5.41, 5.74) is 2.97. The number of piperazine rings is 1. The standard InChI is InChI=1S/C26H27N5O2/c1-2-23(22-9-5-7-19-6-3-4-8-21(19)22)29-26(32)31-14-12-30(13-15-31)20-10-11-24(28-16-20)25-17-27-18-33-25/h3-11,16-18,23H,2,12-15H2,1H3,(H,29,32). The highest BCUT2D eigenvalue weighted by molar-refractivity contribution is 5.86. The Kier molecular flexibility index (Phi) is 5.93. The lowest BCUT2D eigenvalue weighted by Gasteiger charge is -2.36. The Labute approximate surface area is 193 Å². The number of fused-ring (bicyclic) bond motifs is 1. The van der Waals surface area contributed by atoms with Gasteiger partial charge in [-0.15, -0.1) is 0 Å². The van der Waals surface area contributed by atoms with Crippen LogP contribution >= 0.6 is 0 Å². The number of aromatic nitrogens is 2. The maximum atomic E-state index is 13.1. The fraction of sp³-hybridized carbons (Fsp3) is 0.269. The Morgan fingerprint density at radius 3 is 2.58 bits per heavy atom. The van der Waals surface area contributed by atoms with Crippen LogP contribution in [0.25, 0.3) is 22.2 Å². The highest BCUT2D eigenvalue weighted by atomic mass is 16.3. The van der Waals surface area contributed by atoms with Crippen molar-refractivity contribution < 1.29 is 9.21 Å². The van der Waals surface area contributed by atoms with Crippen LogP contribution in [-0.2, 0) is 0 Å². The van der Waals surface area contributed by atoms with Gasteiger partial charge in [-0.25, -0.2) is 9.78 Å². The van der Waals surface area contributed by atoms with Gasteiger partial charge in [-0.2, -0.15) is 0 Å². The minimum Gasteiger partial charge on any atom is -0.442 e. The van der Waals surface area contributed by atoms with Crippen LogP contribution in [0.2, 0.25) is 0 Å². The molecule has 1 atom stereocenters. The third kappa shape index (κ3) is 4.39. The molecule has 7 heteroatoms. The molecule has 3 heterocycles. The summed E-state index contributed by atoms with van der Waals surface area (Å²) in [4.78, 5) is 25.6. The van der Waals surface area contributed by atoms with E-state index in [-0.39, 0.29) is 12.1 Å². The van der Waals surface area contributed by atoms with E-state index in [4.69, 9.17) is 4.42 Å². The molecule has 1 N–H and O–H groups in total. The summed E-state index contributed by atoms with van der Waals surface area (Å²) in [6.45, 7) is 4.98. The van der Waals surface area contributed by atoms with Crippen LogP contribution in [0.1, 0.15) is 24.9 Å². The Hall–Kier alpha value is -3.87. The highest BCUT2D eigenvalue weighted by Gasteiger charge is 2.24. The van der Waals surface area contributed by atoms with Gasteiger partial charge in [0.1, 0.15) is 5.69 Å². The molecule has 0 saturated carbocycles. The molecule has 5 rings (SSSR count). The molecule has 2 aromatic carbocycles. The maximum absolute atomic E-state index is 13.1. The van der Waals surface area contributed by atoms with E-state index in [1.165, 1.54) is 22.7 Å². The van der Waals surface area contributed by atoms with Crippen molar-refractivity contribution in [2.45, 2.75) is 19.4 Å². The summed E-state index contributed by atoms with van der Waals surface area (Å²) >= 11 is 0. The van der Waals surface area contributed by atoms with Gasteiger partial charge in [0.25, 0.3) is 0 Å². The molecule has 1 fully saturated rings. The number of nitrogens with one attached hydrogen (secondary N) is 1. The second-order valence-electron chi connectivity index (χ2n) is 8.22. The van der Waals surface area contributed by atoms with Crippen molar-refractivity contribution in [1.29, 1.82) is 0 Å². The number of nitrogens with zero attached hydrogens (tertiary/aromatic N) is 4. The zero-order chi connectivity index (χ0) is 22.6. The van der Waals surface area contributed by atoms with Crippen LogP contribution in [-0.4, -0.2) is 47.1 Å². The SMILES string of the molecule is CCC(NC(=O)N1CCN(c2ccc(-c3cnco3)nc2)CC1)c1cccc2ccccc12. The van der Waals surface area contributed by atoms with Crippen LogP contribution < -0.4 is 10.2 Å². The zero-order valence-corrected chi connectivity index (χ0v) is 18.6. The number of anilines is 1. The molecule has 0 aliphatic carbocycles. The number of hydrogen-bond acceptors (Lipinski definition) is 5. The summed E-state index contributed by atoms with van der Waals surface area (Å²) in [5, 5.41) is 5.65. The molecule has 33 heavy (non-hydrogen) atoms. The van der Waals surface area contributed by atoms with Crippen molar-refractivity contribution in [2.24, 2.45) is 0 Å². The first-order chi connectivity index (χ1) is 16.2. The van der Waals surface area contributed by atoms with Crippen LogP contribution in [0.5, 0.6) is 0 Å². The second kappa shape index (κ2) is 9.32. The Morgan fingerprint density at radius 2 is 1.85 bits per heavy atom. The van der Waals surface area contributed by atoms with Gasteiger partial charge in [-0.3, -0.25) is 4.98 Å². The van der Waals surface area contributed by atoms with Crippen LogP contribution in [0, 0.1) is 0 Å². The number of pyridine rings is 1. The van der Waals surface area contributed by atoms with E-state index < -0.39 is 0 Å². The van der Waals surface area contributed by atoms with Crippen LogP contribution in [0.3, 0.4) is 0 Å². The van der Waals surface area contributed by atoms with Gasteiger partial charge >= 0.3 is 6.03 Å². The summed E-state index contributed by atoms with van der Waals surface area (Å²) in [5.74, 6) is 0.653. The number of urea groups is 1. The second-order valence-corrected chi connectivity index (χ2v) is 8.22. The van der Waals surface area contributed by atoms with E-state index in [2.05, 4.69) is 57.4 Å². The quantitative estimate of drug-likeness (QED) is 0.478. The Morgan fingerprint density at radius 1 is 1.03 bits per heavy atom. The van der Waals surface area contributed by atoms with Crippen molar-refractivity contribution in [2.75, 3.05) is 31.1 Å². The van der Waals surface area contributed by atoms with Crippen molar-refractivity contribution in [3.8, 4) is 11.5 Å². The van der Waals surface area contributed by atoms with Gasteiger partial charge in [0, 0.05) is 26.2 Å². The van der Waals surface area contributed by atoms with Gasteiger partial charge in [-0.05, 0) is 34.9 Å². The molecule has 168 valence electrons. The van der Waals surface area contributed by atoms with E-state index >= 15 is 0 Å². The number of rotatable bonds is 5. The molecule has 4 aromatic rings. The lowest BCUT2D eigenvalue weighted by Crippen LogP contribution is -2.52. The monoisotopic (exact) mass is 441 g/mol. The van der Waals surface area contributed by atoms with Gasteiger partial charge in [0.15, 0.2) is 12.2 Å². The third-order valence-corrected chi connectivity index (χ3v) is 6.27. The first kappa shape index (κ1) is 21.0. The van der Waals surface area contributed by atoms with E-state index in [1.54, 1.807) is 6.20 Å². The van der Waals surface area contributed by atoms with Gasteiger partial charge in [-0.1, -0.05) is 49.4 Å². The smallest absolute Gasteiger partial charge is 0.318 e. The maximum Gasteiger partial charge on any atom is 0.318 e. The number of carbonyl (C=O) groups is 1. The zero-order valence-electron chi connectivity index (χ0n) is 18.6. The average molecular weight is 442 g/mol. The topological polar surface area (TPSA) is 74.5 Å². The first-order valence-corrected chi connectivity index (χ1v) is 11.4. The van der Waals surface area contributed by atoms with E-state index in [0.29, 0.717) is 18.8 Å². The van der Waals surface area contributed by atoms with Crippen molar-refractivity contribution in [3.63, 3.8) is 0 Å². The number of benzene rings is 2. The minimum atomic E-state index is -0.0190. The summed E-state index contributed by atoms with van der Waals surface area (Å²) in [6, 6.07) is 18.6. The largest absolute Gasteiger partial charge is 0.442 e. The molecule has 0 radical (unpaired) electrons. The first-order valence-electron chi connectivity index (χ1n) is 11.4. The van der Waals surface area contributed by atoms with Crippen molar-refractivity contribution in [3.05, 3.63) is 78.9 Å². The number of amides is 2. The van der Waals surface area contributed by atoms with E-state index in [1.807, 2.05) is 35.4 Å². The molecular formula is C26H27N5O2. The summed E-state index contributed by atoms with van der Waals surface area (Å²) < 4.78 is 5.30. The molecule has 0 bridgehead atoms. The van der Waals surface area contributed by atoms with E-state index in [0.717, 1.165) is 30.9 Å². The predicted molar refractivity (Wildman–Crippen MR) is 129 cm³/mol. The minimum absolute atomic E-state index is 0.00627. The number of carbonyl (C=O) groups excluding carboxylic acids is 1. The third-order valence-electron chi connectivity index (χ3n) is 6.27. The predicted octanol–water partition coefficient (Wildman–Crippen LogP) is 4.87. The van der Waals surface area contributed by atoms with Gasteiger partial charge < -0.3 is 19.5 Å². The fourth-order valence-corrected chi connectivity index (χ4v) is 4.42. The molecular weight excluding hydrogens is 414 g/mol. The molecule has 2 amide bonds. The molecule has 1 aliphatic heterocycles.